The molecular weight excluding hydrogens is 294 g/mol. The molecule has 2 atom stereocenters. The van der Waals surface area contributed by atoms with Crippen molar-refractivity contribution in [3.8, 4) is 0 Å². The molecular formula is C17H19N3O3. The van der Waals surface area contributed by atoms with Gasteiger partial charge in [-0.15, -0.1) is 0 Å². The summed E-state index contributed by atoms with van der Waals surface area (Å²) in [6, 6.07) is 3.78. The van der Waals surface area contributed by atoms with Gasteiger partial charge in [0.05, 0.1) is 11.8 Å². The van der Waals surface area contributed by atoms with E-state index >= 15 is 0 Å². The van der Waals surface area contributed by atoms with Gasteiger partial charge in [0.1, 0.15) is 6.54 Å². The van der Waals surface area contributed by atoms with Gasteiger partial charge in [0.15, 0.2) is 0 Å². The molecule has 6 heteroatoms. The number of fused-ring (bicyclic) bond motifs is 1. The van der Waals surface area contributed by atoms with Gasteiger partial charge in [0.25, 0.3) is 0 Å². The lowest BCUT2D eigenvalue weighted by atomic mass is 9.85. The molecule has 0 bridgehead atoms. The molecule has 1 aliphatic carbocycles. The van der Waals surface area contributed by atoms with E-state index in [9.17, 15) is 14.4 Å². The number of pyridine rings is 1. The first-order chi connectivity index (χ1) is 11.2. The molecule has 0 radical (unpaired) electrons. The smallest absolute Gasteiger partial charge is 0.240 e. The summed E-state index contributed by atoms with van der Waals surface area (Å²) in [6.07, 6.45) is 9.16. The molecule has 23 heavy (non-hydrogen) atoms. The molecule has 1 saturated heterocycles. The molecule has 2 aliphatic rings. The van der Waals surface area contributed by atoms with E-state index in [2.05, 4.69) is 10.3 Å². The minimum atomic E-state index is -0.304. The van der Waals surface area contributed by atoms with Gasteiger partial charge in [-0.05, 0) is 30.9 Å². The molecule has 1 aromatic heterocycles. The first-order valence-electron chi connectivity index (χ1n) is 7.82. The van der Waals surface area contributed by atoms with Gasteiger partial charge in [-0.3, -0.25) is 24.3 Å². The van der Waals surface area contributed by atoms with Crippen LogP contribution < -0.4 is 5.32 Å². The number of carbonyl (C=O) groups is 3. The Bertz CT molecular complexity index is 616. The van der Waals surface area contributed by atoms with Crippen molar-refractivity contribution >= 4 is 17.7 Å². The average molecular weight is 313 g/mol. The summed E-state index contributed by atoms with van der Waals surface area (Å²) in [5, 5.41) is 2.75. The number of hydrogen-bond donors (Lipinski definition) is 1. The van der Waals surface area contributed by atoms with Gasteiger partial charge in [-0.2, -0.15) is 0 Å². The lowest BCUT2D eigenvalue weighted by Gasteiger charge is -2.14. The van der Waals surface area contributed by atoms with E-state index in [4.69, 9.17) is 0 Å². The van der Waals surface area contributed by atoms with Crippen molar-refractivity contribution in [1.82, 2.24) is 15.2 Å². The van der Waals surface area contributed by atoms with Crippen LogP contribution in [0.25, 0.3) is 0 Å². The van der Waals surface area contributed by atoms with Gasteiger partial charge < -0.3 is 5.32 Å². The Morgan fingerprint density at radius 3 is 2.52 bits per heavy atom. The lowest BCUT2D eigenvalue weighted by molar-refractivity contribution is -0.143. The molecule has 3 amide bonds. The fourth-order valence-electron chi connectivity index (χ4n) is 3.12. The minimum absolute atomic E-state index is 0.183. The van der Waals surface area contributed by atoms with Crippen LogP contribution in [-0.4, -0.2) is 40.7 Å². The highest BCUT2D eigenvalue weighted by atomic mass is 16.2. The SMILES string of the molecule is O=C(CN1C(=O)C2CC=CCC2C1=O)NCCc1cccnc1. The molecule has 120 valence electrons. The maximum absolute atomic E-state index is 12.3. The van der Waals surface area contributed by atoms with Crippen LogP contribution in [0.15, 0.2) is 36.7 Å². The standard InChI is InChI=1S/C17H19N3O3/c21-15(19-9-7-12-4-3-8-18-10-12)11-20-16(22)13-5-1-2-6-14(13)17(20)23/h1-4,8,10,13-14H,5-7,9,11H2,(H,19,21). The van der Waals surface area contributed by atoms with Crippen LogP contribution in [0.1, 0.15) is 18.4 Å². The van der Waals surface area contributed by atoms with Crippen LogP contribution in [0.4, 0.5) is 0 Å². The number of likely N-dealkylation sites (tertiary alicyclic amines) is 1. The second kappa shape index (κ2) is 6.73. The van der Waals surface area contributed by atoms with E-state index in [-0.39, 0.29) is 36.1 Å². The topological polar surface area (TPSA) is 79.4 Å². The van der Waals surface area contributed by atoms with Crippen molar-refractivity contribution in [2.24, 2.45) is 11.8 Å². The Morgan fingerprint density at radius 1 is 1.22 bits per heavy atom. The normalized spacial score (nSPS) is 23.0. The van der Waals surface area contributed by atoms with Crippen molar-refractivity contribution in [3.63, 3.8) is 0 Å². The number of hydrogen-bond acceptors (Lipinski definition) is 4. The first kappa shape index (κ1) is 15.4. The Hall–Kier alpha value is -2.50. The molecule has 1 aromatic rings. The van der Waals surface area contributed by atoms with Crippen LogP contribution >= 0.6 is 0 Å². The molecule has 1 fully saturated rings. The zero-order valence-electron chi connectivity index (χ0n) is 12.8. The summed E-state index contributed by atoms with van der Waals surface area (Å²) in [6.45, 7) is 0.271. The summed E-state index contributed by atoms with van der Waals surface area (Å²) >= 11 is 0. The number of nitrogens with one attached hydrogen (secondary N) is 1. The van der Waals surface area contributed by atoms with Crippen LogP contribution in [0.3, 0.4) is 0 Å². The number of aromatic nitrogens is 1. The molecule has 6 nitrogen and oxygen atoms in total. The predicted octanol–water partition coefficient (Wildman–Crippen LogP) is 0.691. The first-order valence-corrected chi connectivity index (χ1v) is 7.82. The number of imide groups is 1. The van der Waals surface area contributed by atoms with Crippen molar-refractivity contribution in [1.29, 1.82) is 0 Å². The van der Waals surface area contributed by atoms with Crippen molar-refractivity contribution < 1.29 is 14.4 Å². The third-order valence-corrected chi connectivity index (χ3v) is 4.36. The van der Waals surface area contributed by atoms with E-state index in [1.165, 1.54) is 0 Å². The Morgan fingerprint density at radius 2 is 1.91 bits per heavy atom. The summed E-state index contributed by atoms with van der Waals surface area (Å²) in [4.78, 5) is 41.6. The van der Waals surface area contributed by atoms with Gasteiger partial charge in [0.2, 0.25) is 17.7 Å². The average Bonchev–Trinajstić information content (AvgIpc) is 2.81. The largest absolute Gasteiger partial charge is 0.354 e. The molecule has 0 aromatic carbocycles. The van der Waals surface area contributed by atoms with Gasteiger partial charge >= 0.3 is 0 Å². The number of allylic oxidation sites excluding steroid dienone is 2. The van der Waals surface area contributed by atoms with Gasteiger partial charge in [0, 0.05) is 18.9 Å². The molecule has 2 heterocycles. The summed E-state index contributed by atoms with van der Waals surface area (Å²) < 4.78 is 0. The van der Waals surface area contributed by atoms with E-state index < -0.39 is 0 Å². The van der Waals surface area contributed by atoms with Gasteiger partial charge in [-0.1, -0.05) is 18.2 Å². The fourth-order valence-corrected chi connectivity index (χ4v) is 3.12. The van der Waals surface area contributed by atoms with Crippen LogP contribution in [0, 0.1) is 11.8 Å². The monoisotopic (exact) mass is 313 g/mol. The fraction of sp³-hybridized carbons (Fsp3) is 0.412. The van der Waals surface area contributed by atoms with Crippen molar-refractivity contribution in [3.05, 3.63) is 42.2 Å². The maximum atomic E-state index is 12.3. The number of rotatable bonds is 5. The summed E-state index contributed by atoms with van der Waals surface area (Å²) in [5.74, 6) is -1.30. The van der Waals surface area contributed by atoms with Crippen LogP contribution in [-0.2, 0) is 20.8 Å². The van der Waals surface area contributed by atoms with Crippen molar-refractivity contribution in [2.75, 3.05) is 13.1 Å². The van der Waals surface area contributed by atoms with Crippen LogP contribution in [0.5, 0.6) is 0 Å². The second-order valence-electron chi connectivity index (χ2n) is 5.88. The molecule has 1 N–H and O–H groups in total. The van der Waals surface area contributed by atoms with Crippen LogP contribution in [0.2, 0.25) is 0 Å². The minimum Gasteiger partial charge on any atom is -0.354 e. The third kappa shape index (κ3) is 3.31. The highest BCUT2D eigenvalue weighted by molar-refractivity contribution is 6.07. The van der Waals surface area contributed by atoms with Gasteiger partial charge in [-0.25, -0.2) is 0 Å². The highest BCUT2D eigenvalue weighted by Gasteiger charge is 2.47. The zero-order chi connectivity index (χ0) is 16.2. The maximum Gasteiger partial charge on any atom is 0.240 e. The molecule has 3 rings (SSSR count). The second-order valence-corrected chi connectivity index (χ2v) is 5.88. The Labute approximate surface area is 134 Å². The highest BCUT2D eigenvalue weighted by Crippen LogP contribution is 2.34. The molecule has 2 unspecified atom stereocenters. The Kier molecular flexibility index (Phi) is 4.50. The third-order valence-electron chi connectivity index (χ3n) is 4.36. The van der Waals surface area contributed by atoms with E-state index in [1.54, 1.807) is 12.4 Å². The van der Waals surface area contributed by atoms with E-state index in [0.717, 1.165) is 10.5 Å². The summed E-state index contributed by atoms with van der Waals surface area (Å²) in [5.41, 5.74) is 1.03. The number of carbonyl (C=O) groups excluding carboxylic acids is 3. The zero-order valence-corrected chi connectivity index (χ0v) is 12.8. The quantitative estimate of drug-likeness (QED) is 0.641. The molecule has 1 aliphatic heterocycles. The number of amides is 3. The Balaban J connectivity index is 1.50. The number of nitrogens with zero attached hydrogens (tertiary/aromatic N) is 2. The lowest BCUT2D eigenvalue weighted by Crippen LogP contribution is -2.41. The van der Waals surface area contributed by atoms with E-state index in [0.29, 0.717) is 25.8 Å². The molecule has 0 saturated carbocycles. The van der Waals surface area contributed by atoms with Crippen molar-refractivity contribution in [2.45, 2.75) is 19.3 Å². The molecule has 0 spiro atoms. The summed E-state index contributed by atoms with van der Waals surface area (Å²) in [7, 11) is 0. The predicted molar refractivity (Wildman–Crippen MR) is 83.0 cm³/mol. The van der Waals surface area contributed by atoms with E-state index in [1.807, 2.05) is 24.3 Å².